The molecule has 4 amide bonds. The van der Waals surface area contributed by atoms with Crippen molar-refractivity contribution in [2.24, 2.45) is 5.92 Å². The summed E-state index contributed by atoms with van der Waals surface area (Å²) in [5, 5.41) is 2.86. The molecule has 2 N–H and O–H groups in total. The molecule has 4 rings (SSSR count). The van der Waals surface area contributed by atoms with E-state index >= 15 is 0 Å². The zero-order chi connectivity index (χ0) is 23.6. The Kier molecular flexibility index (Phi) is 6.76. The van der Waals surface area contributed by atoms with Gasteiger partial charge in [0.1, 0.15) is 12.1 Å². The first kappa shape index (κ1) is 23.7. The normalized spacial score (nSPS) is 26.6. The summed E-state index contributed by atoms with van der Waals surface area (Å²) >= 11 is 0. The van der Waals surface area contributed by atoms with Crippen molar-refractivity contribution in [3.8, 4) is 0 Å². The molecule has 33 heavy (non-hydrogen) atoms. The molecule has 0 bridgehead atoms. The molecule has 0 aromatic heterocycles. The van der Waals surface area contributed by atoms with Crippen LogP contribution in [0, 0.1) is 5.92 Å². The highest BCUT2D eigenvalue weighted by molar-refractivity contribution is 7.89. The van der Waals surface area contributed by atoms with Gasteiger partial charge in [-0.25, -0.2) is 17.9 Å². The van der Waals surface area contributed by atoms with E-state index < -0.39 is 21.6 Å². The van der Waals surface area contributed by atoms with Gasteiger partial charge in [-0.1, -0.05) is 31.5 Å². The first-order chi connectivity index (χ1) is 15.7. The third-order valence-corrected chi connectivity index (χ3v) is 8.83. The van der Waals surface area contributed by atoms with E-state index in [2.05, 4.69) is 17.0 Å². The van der Waals surface area contributed by atoms with Gasteiger partial charge >= 0.3 is 6.03 Å². The van der Waals surface area contributed by atoms with Gasteiger partial charge < -0.3 is 10.2 Å². The highest BCUT2D eigenvalue weighted by Crippen LogP contribution is 2.37. The number of carbonyl (C=O) groups is 3. The van der Waals surface area contributed by atoms with Crippen LogP contribution in [0.5, 0.6) is 0 Å². The minimum atomic E-state index is -3.61. The van der Waals surface area contributed by atoms with Crippen molar-refractivity contribution >= 4 is 27.9 Å². The number of rotatable bonds is 6. The molecule has 2 saturated heterocycles. The van der Waals surface area contributed by atoms with E-state index in [4.69, 9.17) is 0 Å². The van der Waals surface area contributed by atoms with Crippen molar-refractivity contribution in [2.75, 3.05) is 19.6 Å². The molecule has 1 aliphatic carbocycles. The summed E-state index contributed by atoms with van der Waals surface area (Å²) in [6, 6.07) is 7.42. The smallest absolute Gasteiger partial charge is 0.325 e. The second-order valence-corrected chi connectivity index (χ2v) is 11.1. The lowest BCUT2D eigenvalue weighted by atomic mass is 9.75. The van der Waals surface area contributed by atoms with Crippen molar-refractivity contribution < 1.29 is 22.8 Å². The lowest BCUT2D eigenvalue weighted by molar-refractivity contribution is -0.140. The number of nitrogens with zero attached hydrogens (tertiary/aromatic N) is 2. The Morgan fingerprint density at radius 3 is 2.33 bits per heavy atom. The number of likely N-dealkylation sites (tertiary alicyclic amines) is 1. The number of hydrogen-bond donors (Lipinski definition) is 2. The van der Waals surface area contributed by atoms with Crippen LogP contribution in [0.3, 0.4) is 0 Å². The fourth-order valence-electron chi connectivity index (χ4n) is 5.11. The number of imide groups is 1. The van der Waals surface area contributed by atoms with Gasteiger partial charge in [0.25, 0.3) is 5.91 Å². The molecular weight excluding hydrogens is 444 g/mol. The topological polar surface area (TPSA) is 116 Å². The number of nitrogens with one attached hydrogen (secondary N) is 2. The average molecular weight is 477 g/mol. The lowest BCUT2D eigenvalue weighted by Crippen LogP contribution is -2.51. The minimum Gasteiger partial charge on any atom is -0.341 e. The van der Waals surface area contributed by atoms with Crippen LogP contribution in [-0.2, 0) is 19.6 Å². The minimum absolute atomic E-state index is 0.212. The van der Waals surface area contributed by atoms with Gasteiger partial charge in [-0.15, -0.1) is 0 Å². The zero-order valence-electron chi connectivity index (χ0n) is 19.0. The zero-order valence-corrected chi connectivity index (χ0v) is 19.8. The van der Waals surface area contributed by atoms with Gasteiger partial charge in [0.05, 0.1) is 4.90 Å². The molecule has 1 aromatic carbocycles. The highest BCUT2D eigenvalue weighted by atomic mass is 32.2. The summed E-state index contributed by atoms with van der Waals surface area (Å²) < 4.78 is 27.8. The maximum Gasteiger partial charge on any atom is 0.325 e. The Labute approximate surface area is 194 Å². The SMILES string of the molecule is CCC1CCC2(CC1)NC(=O)N(CC(=O)N1CCC(NS(=O)(=O)c3ccccc3)CC1)C2=O. The van der Waals surface area contributed by atoms with E-state index in [1.54, 1.807) is 35.2 Å². The number of hydrogen-bond acceptors (Lipinski definition) is 5. The quantitative estimate of drug-likeness (QED) is 0.608. The predicted molar refractivity (Wildman–Crippen MR) is 122 cm³/mol. The number of sulfonamides is 1. The summed E-state index contributed by atoms with van der Waals surface area (Å²) in [4.78, 5) is 41.3. The molecule has 0 radical (unpaired) electrons. The van der Waals surface area contributed by atoms with Crippen LogP contribution >= 0.6 is 0 Å². The second-order valence-electron chi connectivity index (χ2n) is 9.34. The third kappa shape index (κ3) is 4.91. The summed E-state index contributed by atoms with van der Waals surface area (Å²) in [5.74, 6) is -0.000287. The van der Waals surface area contributed by atoms with E-state index in [1.165, 1.54) is 0 Å². The largest absolute Gasteiger partial charge is 0.341 e. The summed E-state index contributed by atoms with van der Waals surface area (Å²) in [6.45, 7) is 2.60. The van der Waals surface area contributed by atoms with Gasteiger partial charge in [-0.05, 0) is 56.6 Å². The van der Waals surface area contributed by atoms with Crippen LogP contribution in [0.2, 0.25) is 0 Å². The van der Waals surface area contributed by atoms with Crippen LogP contribution in [0.15, 0.2) is 35.2 Å². The van der Waals surface area contributed by atoms with Gasteiger partial charge in [0.2, 0.25) is 15.9 Å². The molecule has 3 aliphatic rings. The molecule has 2 aliphatic heterocycles. The van der Waals surface area contributed by atoms with Crippen molar-refractivity contribution in [1.29, 1.82) is 0 Å². The Balaban J connectivity index is 1.30. The molecule has 180 valence electrons. The van der Waals surface area contributed by atoms with E-state index in [0.717, 1.165) is 24.2 Å². The predicted octanol–water partition coefficient (Wildman–Crippen LogP) is 1.85. The van der Waals surface area contributed by atoms with Gasteiger partial charge in [-0.3, -0.25) is 14.5 Å². The van der Waals surface area contributed by atoms with Gasteiger partial charge in [0.15, 0.2) is 0 Å². The molecule has 0 atom stereocenters. The Morgan fingerprint density at radius 2 is 1.73 bits per heavy atom. The summed E-state index contributed by atoms with van der Waals surface area (Å²) in [7, 11) is -3.61. The molecular formula is C23H32N4O5S. The van der Waals surface area contributed by atoms with Crippen LogP contribution < -0.4 is 10.0 Å². The average Bonchev–Trinajstić information content (AvgIpc) is 3.04. The number of benzene rings is 1. The van der Waals surface area contributed by atoms with E-state index in [-0.39, 0.29) is 29.3 Å². The summed E-state index contributed by atoms with van der Waals surface area (Å²) in [6.07, 6.45) is 5.05. The van der Waals surface area contributed by atoms with Crippen molar-refractivity contribution in [3.63, 3.8) is 0 Å². The molecule has 10 heteroatoms. The molecule has 0 unspecified atom stereocenters. The Morgan fingerprint density at radius 1 is 1.09 bits per heavy atom. The monoisotopic (exact) mass is 476 g/mol. The maximum atomic E-state index is 13.0. The van der Waals surface area contributed by atoms with Crippen LogP contribution in [0.1, 0.15) is 51.9 Å². The van der Waals surface area contributed by atoms with Crippen LogP contribution in [0.4, 0.5) is 4.79 Å². The van der Waals surface area contributed by atoms with Crippen molar-refractivity contribution in [3.05, 3.63) is 30.3 Å². The van der Waals surface area contributed by atoms with E-state index in [1.807, 2.05) is 0 Å². The maximum absolute atomic E-state index is 13.0. The molecule has 2 heterocycles. The Bertz CT molecular complexity index is 997. The van der Waals surface area contributed by atoms with Gasteiger partial charge in [-0.2, -0.15) is 0 Å². The van der Waals surface area contributed by atoms with E-state index in [0.29, 0.717) is 44.7 Å². The number of amides is 4. The highest BCUT2D eigenvalue weighted by Gasteiger charge is 2.52. The van der Waals surface area contributed by atoms with Crippen LogP contribution in [0.25, 0.3) is 0 Å². The standard InChI is InChI=1S/C23H32N4O5S/c1-2-17-8-12-23(13-9-17)21(29)27(22(30)24-23)16-20(28)26-14-10-18(11-15-26)25-33(31,32)19-6-4-3-5-7-19/h3-7,17-18,25H,2,8-16H2,1H3,(H,24,30). The van der Waals surface area contributed by atoms with Crippen molar-refractivity contribution in [1.82, 2.24) is 19.8 Å². The first-order valence-electron chi connectivity index (χ1n) is 11.7. The lowest BCUT2D eigenvalue weighted by Gasteiger charge is -2.35. The molecule has 1 spiro atoms. The Hall–Kier alpha value is -2.46. The van der Waals surface area contributed by atoms with Gasteiger partial charge in [0, 0.05) is 19.1 Å². The van der Waals surface area contributed by atoms with E-state index in [9.17, 15) is 22.8 Å². The fraction of sp³-hybridized carbons (Fsp3) is 0.609. The number of urea groups is 1. The first-order valence-corrected chi connectivity index (χ1v) is 13.2. The molecule has 3 fully saturated rings. The third-order valence-electron chi connectivity index (χ3n) is 7.30. The molecule has 1 aromatic rings. The van der Waals surface area contributed by atoms with Crippen molar-refractivity contribution in [2.45, 2.75) is 68.3 Å². The molecule has 9 nitrogen and oxygen atoms in total. The number of carbonyl (C=O) groups excluding carboxylic acids is 3. The molecule has 1 saturated carbocycles. The summed E-state index contributed by atoms with van der Waals surface area (Å²) in [5.41, 5.74) is -0.855. The fourth-order valence-corrected chi connectivity index (χ4v) is 6.43. The second kappa shape index (κ2) is 9.42. The van der Waals surface area contributed by atoms with Crippen LogP contribution in [-0.4, -0.2) is 67.3 Å². The number of piperidine rings is 1.